The molecule has 0 aliphatic rings. The first kappa shape index (κ1) is 20.2. The minimum absolute atomic E-state index is 0.249. The molecule has 0 spiro atoms. The van der Waals surface area contributed by atoms with E-state index in [1.54, 1.807) is 54.9 Å². The van der Waals surface area contributed by atoms with Crippen LogP contribution in [-0.4, -0.2) is 17.1 Å². The lowest BCUT2D eigenvalue weighted by Crippen LogP contribution is -2.12. The fraction of sp³-hybridized carbons (Fsp3) is 0.217. The third-order valence-corrected chi connectivity index (χ3v) is 4.58. The number of benzene rings is 2. The van der Waals surface area contributed by atoms with Crippen LogP contribution in [0.4, 0.5) is 10.1 Å². The first-order chi connectivity index (χ1) is 14.0. The molecule has 6 heteroatoms. The van der Waals surface area contributed by atoms with Crippen molar-refractivity contribution in [2.24, 2.45) is 7.05 Å². The molecular weight excluding hydrogens is 371 g/mol. The Hall–Kier alpha value is -3.59. The summed E-state index contributed by atoms with van der Waals surface area (Å²) in [5.41, 5.74) is 2.83. The van der Waals surface area contributed by atoms with Crippen LogP contribution in [0.2, 0.25) is 0 Å². The number of rotatable bonds is 6. The predicted molar refractivity (Wildman–Crippen MR) is 109 cm³/mol. The minimum Gasteiger partial charge on any atom is -0.461 e. The maximum atomic E-state index is 13.3. The van der Waals surface area contributed by atoms with Crippen molar-refractivity contribution < 1.29 is 18.7 Å². The summed E-state index contributed by atoms with van der Waals surface area (Å²) in [6.07, 6.45) is 0.612. The van der Waals surface area contributed by atoms with Crippen LogP contribution in [0.15, 0.2) is 48.5 Å². The Morgan fingerprint density at radius 3 is 2.45 bits per heavy atom. The Balaban J connectivity index is 2.03. The van der Waals surface area contributed by atoms with Gasteiger partial charge in [0.2, 0.25) is 5.69 Å². The number of carbonyl (C=O) groups excluding carboxylic acids is 1. The van der Waals surface area contributed by atoms with Gasteiger partial charge in [0.15, 0.2) is 0 Å². The summed E-state index contributed by atoms with van der Waals surface area (Å²) in [5.74, 6) is 0.0683. The maximum absolute atomic E-state index is 13.3. The number of halogens is 1. The summed E-state index contributed by atoms with van der Waals surface area (Å²) in [7, 11) is 1.77. The monoisotopic (exact) mass is 392 g/mol. The lowest BCUT2D eigenvalue weighted by molar-refractivity contribution is 0.0516. The summed E-state index contributed by atoms with van der Waals surface area (Å²) in [6, 6.07) is 12.9. The molecule has 5 nitrogen and oxygen atoms in total. The van der Waals surface area contributed by atoms with Crippen molar-refractivity contribution in [1.82, 2.24) is 4.57 Å². The second-order valence-electron chi connectivity index (χ2n) is 6.35. The smallest absolute Gasteiger partial charge is 0.354 e. The van der Waals surface area contributed by atoms with Crippen molar-refractivity contribution in [2.75, 3.05) is 6.61 Å². The van der Waals surface area contributed by atoms with Gasteiger partial charge in [0.25, 0.3) is 0 Å². The zero-order valence-electron chi connectivity index (χ0n) is 16.5. The number of ether oxygens (including phenoxy) is 2. The molecule has 3 rings (SSSR count). The van der Waals surface area contributed by atoms with E-state index in [1.807, 2.05) is 6.92 Å². The van der Waals surface area contributed by atoms with Gasteiger partial charge in [0.1, 0.15) is 23.0 Å². The van der Waals surface area contributed by atoms with Crippen molar-refractivity contribution in [1.29, 1.82) is 0 Å². The molecule has 0 N–H and O–H groups in total. The van der Waals surface area contributed by atoms with Crippen molar-refractivity contribution in [2.45, 2.75) is 20.3 Å². The molecule has 1 aromatic heterocycles. The molecule has 0 fully saturated rings. The molecule has 0 amide bonds. The molecule has 148 valence electrons. The zero-order valence-corrected chi connectivity index (χ0v) is 16.5. The Morgan fingerprint density at radius 2 is 1.86 bits per heavy atom. The maximum Gasteiger partial charge on any atom is 0.354 e. The second-order valence-corrected chi connectivity index (χ2v) is 6.35. The van der Waals surface area contributed by atoms with Gasteiger partial charge in [0, 0.05) is 24.4 Å². The highest BCUT2D eigenvalue weighted by molar-refractivity contribution is 6.01. The summed E-state index contributed by atoms with van der Waals surface area (Å²) in [5, 5.41) is 0. The van der Waals surface area contributed by atoms with Gasteiger partial charge >= 0.3 is 5.97 Å². The van der Waals surface area contributed by atoms with E-state index in [9.17, 15) is 9.18 Å². The molecule has 0 aliphatic carbocycles. The van der Waals surface area contributed by atoms with Crippen molar-refractivity contribution in [3.05, 3.63) is 77.2 Å². The topological polar surface area (TPSA) is 44.8 Å². The largest absolute Gasteiger partial charge is 0.461 e. The van der Waals surface area contributed by atoms with Gasteiger partial charge in [-0.3, -0.25) is 0 Å². The third kappa shape index (κ3) is 3.99. The van der Waals surface area contributed by atoms with E-state index in [2.05, 4.69) is 4.85 Å². The van der Waals surface area contributed by atoms with Crippen LogP contribution >= 0.6 is 0 Å². The molecule has 29 heavy (non-hydrogen) atoms. The highest BCUT2D eigenvalue weighted by Gasteiger charge is 2.26. The lowest BCUT2D eigenvalue weighted by Gasteiger charge is -2.10. The van der Waals surface area contributed by atoms with Gasteiger partial charge in [0.05, 0.1) is 13.2 Å². The standard InChI is InChI=1S/C23H21FN2O3/c1-5-19-21(25-3)20(22(26(19)4)23(27)28-6-2)15-10-12-17(13-11-15)29-18-9-7-8-16(24)14-18/h7-14H,5-6H2,1-2,4H3. The van der Waals surface area contributed by atoms with Crippen LogP contribution in [0, 0.1) is 12.4 Å². The predicted octanol–water partition coefficient (Wildman–Crippen LogP) is 5.91. The van der Waals surface area contributed by atoms with Gasteiger partial charge < -0.3 is 14.0 Å². The van der Waals surface area contributed by atoms with E-state index < -0.39 is 5.97 Å². The first-order valence-corrected chi connectivity index (χ1v) is 9.30. The Bertz CT molecular complexity index is 1080. The van der Waals surface area contributed by atoms with Crippen molar-refractivity contribution in [3.63, 3.8) is 0 Å². The molecule has 0 atom stereocenters. The number of hydrogen-bond acceptors (Lipinski definition) is 3. The molecule has 2 aromatic carbocycles. The highest BCUT2D eigenvalue weighted by Crippen LogP contribution is 2.40. The molecule has 1 heterocycles. The molecule has 0 bridgehead atoms. The Morgan fingerprint density at radius 1 is 1.14 bits per heavy atom. The van der Waals surface area contributed by atoms with Crippen LogP contribution in [0.3, 0.4) is 0 Å². The lowest BCUT2D eigenvalue weighted by atomic mass is 10.0. The highest BCUT2D eigenvalue weighted by atomic mass is 19.1. The van der Waals surface area contributed by atoms with E-state index >= 15 is 0 Å². The first-order valence-electron chi connectivity index (χ1n) is 9.30. The van der Waals surface area contributed by atoms with Crippen LogP contribution in [0.25, 0.3) is 16.0 Å². The Kier molecular flexibility index (Phi) is 5.99. The van der Waals surface area contributed by atoms with Gasteiger partial charge in [-0.1, -0.05) is 25.1 Å². The number of nitrogens with zero attached hydrogens (tertiary/aromatic N) is 2. The normalized spacial score (nSPS) is 10.4. The zero-order chi connectivity index (χ0) is 21.0. The summed E-state index contributed by atoms with van der Waals surface area (Å²) in [4.78, 5) is 16.3. The van der Waals surface area contributed by atoms with Crippen molar-refractivity contribution in [3.8, 4) is 22.6 Å². The summed E-state index contributed by atoms with van der Waals surface area (Å²) >= 11 is 0. The fourth-order valence-corrected chi connectivity index (χ4v) is 3.31. The SMILES string of the molecule is [C-]#[N+]c1c(-c2ccc(Oc3cccc(F)c3)cc2)c(C(=O)OCC)n(C)c1CC. The van der Waals surface area contributed by atoms with Crippen molar-refractivity contribution >= 4 is 11.7 Å². The van der Waals surface area contributed by atoms with E-state index in [1.165, 1.54) is 12.1 Å². The second kappa shape index (κ2) is 8.61. The third-order valence-electron chi connectivity index (χ3n) is 4.58. The number of hydrogen-bond donors (Lipinski definition) is 0. The van der Waals surface area contributed by atoms with Gasteiger partial charge in [-0.25, -0.2) is 14.0 Å². The van der Waals surface area contributed by atoms with Crippen LogP contribution < -0.4 is 4.74 Å². The van der Waals surface area contributed by atoms with Crippen LogP contribution in [-0.2, 0) is 18.2 Å². The molecular formula is C23H21FN2O3. The summed E-state index contributed by atoms with van der Waals surface area (Å²) in [6.45, 7) is 11.6. The van der Waals surface area contributed by atoms with E-state index in [0.29, 0.717) is 40.4 Å². The Labute approximate surface area is 169 Å². The summed E-state index contributed by atoms with van der Waals surface area (Å²) < 4.78 is 26.0. The molecule has 0 aliphatic heterocycles. The van der Waals surface area contributed by atoms with E-state index in [4.69, 9.17) is 16.0 Å². The van der Waals surface area contributed by atoms with Gasteiger partial charge in [-0.05, 0) is 43.2 Å². The average molecular weight is 392 g/mol. The van der Waals surface area contributed by atoms with Gasteiger partial charge in [-0.15, -0.1) is 0 Å². The average Bonchev–Trinajstić information content (AvgIpc) is 3.00. The fourth-order valence-electron chi connectivity index (χ4n) is 3.31. The molecule has 0 saturated carbocycles. The van der Waals surface area contributed by atoms with Crippen LogP contribution in [0.5, 0.6) is 11.5 Å². The van der Waals surface area contributed by atoms with Gasteiger partial charge in [-0.2, -0.15) is 0 Å². The van der Waals surface area contributed by atoms with Crippen LogP contribution in [0.1, 0.15) is 30.0 Å². The number of esters is 1. The van der Waals surface area contributed by atoms with E-state index in [0.717, 1.165) is 5.69 Å². The molecule has 0 unspecified atom stereocenters. The minimum atomic E-state index is -0.463. The van der Waals surface area contributed by atoms with E-state index in [-0.39, 0.29) is 12.4 Å². The molecule has 3 aromatic rings. The number of carbonyl (C=O) groups is 1. The number of aromatic nitrogens is 1. The molecule has 0 radical (unpaired) electrons. The quantitative estimate of drug-likeness (QED) is 0.387. The molecule has 0 saturated heterocycles.